The van der Waals surface area contributed by atoms with Crippen LogP contribution in [0.5, 0.6) is 0 Å². The van der Waals surface area contributed by atoms with Gasteiger partial charge in [0.15, 0.2) is 0 Å². The van der Waals surface area contributed by atoms with Gasteiger partial charge in [0.2, 0.25) is 0 Å². The molecule has 2 unspecified atom stereocenters. The van der Waals surface area contributed by atoms with Crippen molar-refractivity contribution in [2.75, 3.05) is 18.1 Å². The molecule has 0 aromatic rings. The summed E-state index contributed by atoms with van der Waals surface area (Å²) in [5.74, 6) is 2.02. The maximum absolute atomic E-state index is 10.6. The van der Waals surface area contributed by atoms with Gasteiger partial charge < -0.3 is 15.6 Å². The SMILES string of the molecule is CC1(C)CC(O)(C2(N)CCCSC2)CO1. The topological polar surface area (TPSA) is 55.5 Å². The Hall–Kier alpha value is 0.230. The van der Waals surface area contributed by atoms with Crippen molar-refractivity contribution in [3.05, 3.63) is 0 Å². The second-order valence-corrected chi connectivity index (χ2v) is 6.67. The first-order chi connectivity index (χ1) is 6.87. The third-order valence-corrected chi connectivity index (χ3v) is 4.91. The van der Waals surface area contributed by atoms with E-state index < -0.39 is 11.1 Å². The van der Waals surface area contributed by atoms with E-state index in [0.29, 0.717) is 13.0 Å². The first-order valence-electron chi connectivity index (χ1n) is 5.60. The Labute approximate surface area is 95.7 Å². The number of hydrogen-bond donors (Lipinski definition) is 2. The molecule has 0 aromatic heterocycles. The first-order valence-corrected chi connectivity index (χ1v) is 6.75. The Morgan fingerprint density at radius 3 is 2.60 bits per heavy atom. The predicted octanol–water partition coefficient (Wildman–Crippen LogP) is 1.14. The van der Waals surface area contributed by atoms with E-state index in [4.69, 9.17) is 10.5 Å². The van der Waals surface area contributed by atoms with Crippen molar-refractivity contribution in [1.29, 1.82) is 0 Å². The summed E-state index contributed by atoms with van der Waals surface area (Å²) in [5, 5.41) is 10.6. The number of nitrogens with two attached hydrogens (primary N) is 1. The van der Waals surface area contributed by atoms with Crippen molar-refractivity contribution in [2.24, 2.45) is 5.73 Å². The van der Waals surface area contributed by atoms with Crippen LogP contribution in [0.25, 0.3) is 0 Å². The van der Waals surface area contributed by atoms with Crippen molar-refractivity contribution in [2.45, 2.75) is 49.9 Å². The van der Waals surface area contributed by atoms with Gasteiger partial charge in [-0.2, -0.15) is 11.8 Å². The monoisotopic (exact) mass is 231 g/mol. The minimum Gasteiger partial charge on any atom is -0.385 e. The minimum absolute atomic E-state index is 0.233. The molecule has 3 N–H and O–H groups in total. The molecule has 4 heteroatoms. The summed E-state index contributed by atoms with van der Waals surface area (Å²) < 4.78 is 5.64. The van der Waals surface area contributed by atoms with Gasteiger partial charge in [0, 0.05) is 12.2 Å². The normalized spacial score (nSPS) is 45.6. The molecule has 2 rings (SSSR count). The van der Waals surface area contributed by atoms with Gasteiger partial charge in [-0.05, 0) is 32.4 Å². The Kier molecular flexibility index (Phi) is 2.83. The van der Waals surface area contributed by atoms with Crippen LogP contribution in [0.15, 0.2) is 0 Å². The summed E-state index contributed by atoms with van der Waals surface area (Å²) >= 11 is 1.85. The molecular formula is C11H21NO2S. The molecule has 2 atom stereocenters. The van der Waals surface area contributed by atoms with E-state index in [1.807, 2.05) is 25.6 Å². The molecule has 2 heterocycles. The van der Waals surface area contributed by atoms with E-state index in [1.165, 1.54) is 5.75 Å². The van der Waals surface area contributed by atoms with Crippen LogP contribution in [-0.4, -0.2) is 40.0 Å². The number of hydrogen-bond acceptors (Lipinski definition) is 4. The molecule has 3 nitrogen and oxygen atoms in total. The van der Waals surface area contributed by atoms with Gasteiger partial charge in [0.1, 0.15) is 5.60 Å². The third-order valence-electron chi connectivity index (χ3n) is 3.62. The van der Waals surface area contributed by atoms with Gasteiger partial charge in [-0.3, -0.25) is 0 Å². The van der Waals surface area contributed by atoms with E-state index >= 15 is 0 Å². The van der Waals surface area contributed by atoms with Crippen LogP contribution >= 0.6 is 11.8 Å². The molecule has 15 heavy (non-hydrogen) atoms. The van der Waals surface area contributed by atoms with Crippen molar-refractivity contribution in [3.63, 3.8) is 0 Å². The van der Waals surface area contributed by atoms with Crippen LogP contribution in [0, 0.1) is 0 Å². The summed E-state index contributed by atoms with van der Waals surface area (Å²) in [7, 11) is 0. The van der Waals surface area contributed by atoms with Crippen LogP contribution in [0.2, 0.25) is 0 Å². The molecular weight excluding hydrogens is 210 g/mol. The fourth-order valence-electron chi connectivity index (χ4n) is 2.62. The molecule has 0 saturated carbocycles. The molecule has 0 amide bonds. The van der Waals surface area contributed by atoms with Crippen LogP contribution in [0.4, 0.5) is 0 Å². The largest absolute Gasteiger partial charge is 0.385 e. The summed E-state index contributed by atoms with van der Waals surface area (Å²) in [5.41, 5.74) is 4.85. The zero-order valence-electron chi connectivity index (χ0n) is 9.58. The lowest BCUT2D eigenvalue weighted by Crippen LogP contribution is -2.64. The molecule has 2 aliphatic rings. The minimum atomic E-state index is -0.829. The van der Waals surface area contributed by atoms with Gasteiger partial charge >= 0.3 is 0 Å². The van der Waals surface area contributed by atoms with Crippen LogP contribution in [0.1, 0.15) is 33.1 Å². The lowest BCUT2D eigenvalue weighted by molar-refractivity contribution is -0.0399. The number of rotatable bonds is 1. The summed E-state index contributed by atoms with van der Waals surface area (Å²) in [6.07, 6.45) is 2.66. The standard InChI is InChI=1S/C11H21NO2S/c1-9(2)6-11(13,7-14-9)10(12)4-3-5-15-8-10/h13H,3-8,12H2,1-2H3. The van der Waals surface area contributed by atoms with Gasteiger partial charge in [0.05, 0.1) is 17.7 Å². The second kappa shape index (κ2) is 3.62. The quantitative estimate of drug-likeness (QED) is 0.710. The zero-order chi connectivity index (χ0) is 11.2. The van der Waals surface area contributed by atoms with Gasteiger partial charge in [-0.1, -0.05) is 0 Å². The molecule has 2 fully saturated rings. The van der Waals surface area contributed by atoms with Crippen molar-refractivity contribution < 1.29 is 9.84 Å². The highest BCUT2D eigenvalue weighted by atomic mass is 32.2. The van der Waals surface area contributed by atoms with Crippen molar-refractivity contribution in [3.8, 4) is 0 Å². The summed E-state index contributed by atoms with van der Waals surface area (Å²) in [6.45, 7) is 4.42. The molecule has 2 saturated heterocycles. The number of thioether (sulfide) groups is 1. The Morgan fingerprint density at radius 2 is 2.13 bits per heavy atom. The van der Waals surface area contributed by atoms with E-state index in [1.54, 1.807) is 0 Å². The first kappa shape index (κ1) is 11.7. The smallest absolute Gasteiger partial charge is 0.109 e. The van der Waals surface area contributed by atoms with E-state index in [9.17, 15) is 5.11 Å². The molecule has 88 valence electrons. The molecule has 0 radical (unpaired) electrons. The van der Waals surface area contributed by atoms with E-state index in [2.05, 4.69) is 0 Å². The molecule has 0 spiro atoms. The van der Waals surface area contributed by atoms with E-state index in [-0.39, 0.29) is 5.60 Å². The van der Waals surface area contributed by atoms with Crippen LogP contribution in [0.3, 0.4) is 0 Å². The highest BCUT2D eigenvalue weighted by Crippen LogP contribution is 2.43. The lowest BCUT2D eigenvalue weighted by atomic mass is 9.75. The molecule has 0 aromatic carbocycles. The summed E-state index contributed by atoms with van der Waals surface area (Å²) in [4.78, 5) is 0. The second-order valence-electron chi connectivity index (χ2n) is 5.57. The zero-order valence-corrected chi connectivity index (χ0v) is 10.4. The number of aliphatic hydroxyl groups is 1. The Bertz CT molecular complexity index is 251. The highest BCUT2D eigenvalue weighted by molar-refractivity contribution is 7.99. The lowest BCUT2D eigenvalue weighted by Gasteiger charge is -2.44. The van der Waals surface area contributed by atoms with E-state index in [0.717, 1.165) is 18.6 Å². The third kappa shape index (κ3) is 2.05. The predicted molar refractivity (Wildman–Crippen MR) is 63.1 cm³/mol. The fourth-order valence-corrected chi connectivity index (χ4v) is 3.89. The maximum Gasteiger partial charge on any atom is 0.109 e. The molecule has 0 bridgehead atoms. The Balaban J connectivity index is 2.15. The van der Waals surface area contributed by atoms with Gasteiger partial charge in [-0.25, -0.2) is 0 Å². The average Bonchev–Trinajstić information content (AvgIpc) is 2.44. The fraction of sp³-hybridized carbons (Fsp3) is 1.00. The highest BCUT2D eigenvalue weighted by Gasteiger charge is 2.55. The molecule has 0 aliphatic carbocycles. The summed E-state index contributed by atoms with van der Waals surface area (Å²) in [6, 6.07) is 0. The maximum atomic E-state index is 10.6. The van der Waals surface area contributed by atoms with Crippen molar-refractivity contribution in [1.82, 2.24) is 0 Å². The van der Waals surface area contributed by atoms with Crippen LogP contribution in [-0.2, 0) is 4.74 Å². The van der Waals surface area contributed by atoms with Gasteiger partial charge in [0.25, 0.3) is 0 Å². The van der Waals surface area contributed by atoms with Gasteiger partial charge in [-0.15, -0.1) is 0 Å². The average molecular weight is 231 g/mol. The Morgan fingerprint density at radius 1 is 1.40 bits per heavy atom. The van der Waals surface area contributed by atoms with Crippen LogP contribution < -0.4 is 5.73 Å². The number of ether oxygens (including phenoxy) is 1. The van der Waals surface area contributed by atoms with Crippen molar-refractivity contribution >= 4 is 11.8 Å². The molecule has 2 aliphatic heterocycles.